The number of carbonyl (C=O) groups excluding carboxylic acids is 1. The molecule has 1 heterocycles. The third kappa shape index (κ3) is 3.42. The number of H-pyrrole nitrogens is 1. The van der Waals surface area contributed by atoms with Gasteiger partial charge in [0.15, 0.2) is 0 Å². The number of aryl methyl sites for hydroxylation is 1. The Kier molecular flexibility index (Phi) is 4.83. The molecule has 128 valence electrons. The molecule has 1 aliphatic carbocycles. The fraction of sp³-hybridized carbons (Fsp3) is 0.500. The van der Waals surface area contributed by atoms with E-state index in [0.717, 1.165) is 19.3 Å². The van der Waals surface area contributed by atoms with Gasteiger partial charge in [-0.25, -0.2) is 4.79 Å². The van der Waals surface area contributed by atoms with Crippen molar-refractivity contribution in [2.75, 3.05) is 0 Å². The maximum Gasteiger partial charge on any atom is 0.328 e. The van der Waals surface area contributed by atoms with E-state index in [-0.39, 0.29) is 24.9 Å². The Morgan fingerprint density at radius 3 is 2.79 bits per heavy atom. The van der Waals surface area contributed by atoms with Crippen molar-refractivity contribution in [1.82, 2.24) is 14.9 Å². The van der Waals surface area contributed by atoms with Gasteiger partial charge in [0, 0.05) is 19.0 Å². The first-order chi connectivity index (χ1) is 11.6. The van der Waals surface area contributed by atoms with Crippen molar-refractivity contribution in [3.63, 3.8) is 0 Å². The lowest BCUT2D eigenvalue weighted by Crippen LogP contribution is -2.41. The van der Waals surface area contributed by atoms with Gasteiger partial charge in [-0.05, 0) is 30.9 Å². The van der Waals surface area contributed by atoms with Gasteiger partial charge in [-0.2, -0.15) is 0 Å². The molecule has 1 aliphatic rings. The first-order valence-corrected chi connectivity index (χ1v) is 8.57. The zero-order valence-corrected chi connectivity index (χ0v) is 13.9. The van der Waals surface area contributed by atoms with Gasteiger partial charge in [-0.3, -0.25) is 19.1 Å². The molecule has 1 fully saturated rings. The minimum Gasteiger partial charge on any atom is -0.353 e. The predicted octanol–water partition coefficient (Wildman–Crippen LogP) is 1.77. The number of para-hydroxylation sites is 1. The van der Waals surface area contributed by atoms with E-state index in [4.69, 9.17) is 0 Å². The van der Waals surface area contributed by atoms with Crippen molar-refractivity contribution < 1.29 is 4.79 Å². The van der Waals surface area contributed by atoms with Gasteiger partial charge < -0.3 is 5.32 Å². The number of amides is 1. The highest BCUT2D eigenvalue weighted by molar-refractivity contribution is 5.79. The van der Waals surface area contributed by atoms with E-state index < -0.39 is 11.2 Å². The summed E-state index contributed by atoms with van der Waals surface area (Å²) in [5.74, 6) is 0.454. The van der Waals surface area contributed by atoms with Gasteiger partial charge in [0.05, 0.1) is 10.9 Å². The van der Waals surface area contributed by atoms with Crippen LogP contribution in [0.3, 0.4) is 0 Å². The average molecular weight is 329 g/mol. The number of carbonyl (C=O) groups is 1. The molecule has 0 radical (unpaired) electrons. The monoisotopic (exact) mass is 329 g/mol. The molecule has 24 heavy (non-hydrogen) atoms. The predicted molar refractivity (Wildman–Crippen MR) is 93.0 cm³/mol. The first-order valence-electron chi connectivity index (χ1n) is 8.57. The Hall–Kier alpha value is -2.37. The highest BCUT2D eigenvalue weighted by atomic mass is 16.2. The summed E-state index contributed by atoms with van der Waals surface area (Å²) in [7, 11) is 0. The molecule has 0 unspecified atom stereocenters. The number of nitrogens with one attached hydrogen (secondary N) is 2. The molecule has 0 aliphatic heterocycles. The van der Waals surface area contributed by atoms with Crippen LogP contribution in [0.2, 0.25) is 0 Å². The summed E-state index contributed by atoms with van der Waals surface area (Å²) < 4.78 is 1.46. The maximum absolute atomic E-state index is 12.2. The summed E-state index contributed by atoms with van der Waals surface area (Å²) >= 11 is 0. The van der Waals surface area contributed by atoms with Gasteiger partial charge in [0.25, 0.3) is 5.56 Å². The van der Waals surface area contributed by atoms with Gasteiger partial charge in [0.2, 0.25) is 5.91 Å². The van der Waals surface area contributed by atoms with Crippen molar-refractivity contribution in [3.8, 4) is 0 Å². The van der Waals surface area contributed by atoms with Crippen LogP contribution in [-0.4, -0.2) is 21.5 Å². The van der Waals surface area contributed by atoms with E-state index in [1.165, 1.54) is 11.0 Å². The molecule has 3 rings (SSSR count). The quantitative estimate of drug-likeness (QED) is 0.897. The highest BCUT2D eigenvalue weighted by Gasteiger charge is 2.22. The third-order valence-corrected chi connectivity index (χ3v) is 4.93. The van der Waals surface area contributed by atoms with Crippen molar-refractivity contribution in [3.05, 3.63) is 45.1 Å². The third-order valence-electron chi connectivity index (χ3n) is 4.93. The number of rotatable bonds is 4. The maximum atomic E-state index is 12.2. The second-order valence-electron chi connectivity index (χ2n) is 6.61. The van der Waals surface area contributed by atoms with Crippen LogP contribution in [0.25, 0.3) is 10.9 Å². The first kappa shape index (κ1) is 16.5. The number of aromatic nitrogens is 2. The van der Waals surface area contributed by atoms with Gasteiger partial charge in [-0.1, -0.05) is 31.9 Å². The zero-order valence-electron chi connectivity index (χ0n) is 13.9. The minimum atomic E-state index is -0.475. The van der Waals surface area contributed by atoms with Crippen LogP contribution in [-0.2, 0) is 11.3 Å². The van der Waals surface area contributed by atoms with Gasteiger partial charge in [0.1, 0.15) is 0 Å². The van der Waals surface area contributed by atoms with E-state index in [9.17, 15) is 14.4 Å². The van der Waals surface area contributed by atoms with Crippen molar-refractivity contribution in [2.24, 2.45) is 5.92 Å². The SMILES string of the molecule is C[C@H]1CCCC[C@@H]1NC(=O)CCn1c(=O)[nH]c(=O)c2ccccc21. The molecule has 2 aromatic rings. The molecule has 1 saturated carbocycles. The summed E-state index contributed by atoms with van der Waals surface area (Å²) in [6, 6.07) is 7.17. The standard InChI is InChI=1S/C18H23N3O3/c1-12-6-2-4-8-14(12)19-16(22)10-11-21-15-9-5-3-7-13(15)17(23)20-18(21)24/h3,5,7,9,12,14H,2,4,6,8,10-11H2,1H3,(H,19,22)(H,20,23,24)/t12-,14-/m0/s1. The fourth-order valence-corrected chi connectivity index (χ4v) is 3.49. The average Bonchev–Trinajstić information content (AvgIpc) is 2.57. The molecule has 6 nitrogen and oxygen atoms in total. The number of hydrogen-bond acceptors (Lipinski definition) is 3. The van der Waals surface area contributed by atoms with Gasteiger partial charge in [-0.15, -0.1) is 0 Å². The number of nitrogens with zero attached hydrogens (tertiary/aromatic N) is 1. The molecule has 1 amide bonds. The molecule has 1 aromatic carbocycles. The van der Waals surface area contributed by atoms with Crippen molar-refractivity contribution in [1.29, 1.82) is 0 Å². The number of fused-ring (bicyclic) bond motifs is 1. The van der Waals surface area contributed by atoms with Crippen LogP contribution in [0.5, 0.6) is 0 Å². The summed E-state index contributed by atoms with van der Waals surface area (Å²) in [5, 5.41) is 3.55. The molecule has 2 atom stereocenters. The van der Waals surface area contributed by atoms with Crippen molar-refractivity contribution in [2.45, 2.75) is 51.6 Å². The highest BCUT2D eigenvalue weighted by Crippen LogP contribution is 2.23. The van der Waals surface area contributed by atoms with Crippen LogP contribution in [0, 0.1) is 5.92 Å². The molecule has 0 saturated heterocycles. The van der Waals surface area contributed by atoms with Crippen LogP contribution >= 0.6 is 0 Å². The van der Waals surface area contributed by atoms with E-state index in [0.29, 0.717) is 16.8 Å². The number of aromatic amines is 1. The number of benzene rings is 1. The lowest BCUT2D eigenvalue weighted by Gasteiger charge is -2.29. The summed E-state index contributed by atoms with van der Waals surface area (Å²) in [4.78, 5) is 38.5. The minimum absolute atomic E-state index is 0.0454. The van der Waals surface area contributed by atoms with E-state index in [1.54, 1.807) is 24.3 Å². The largest absolute Gasteiger partial charge is 0.353 e. The Morgan fingerprint density at radius 2 is 2.00 bits per heavy atom. The second kappa shape index (κ2) is 7.03. The molecule has 6 heteroatoms. The summed E-state index contributed by atoms with van der Waals surface area (Å²) in [5.41, 5.74) is -0.310. The Morgan fingerprint density at radius 1 is 1.25 bits per heavy atom. The van der Waals surface area contributed by atoms with E-state index in [2.05, 4.69) is 17.2 Å². The van der Waals surface area contributed by atoms with Crippen LogP contribution in [0.4, 0.5) is 0 Å². The lowest BCUT2D eigenvalue weighted by molar-refractivity contribution is -0.122. The van der Waals surface area contributed by atoms with Gasteiger partial charge >= 0.3 is 5.69 Å². The number of hydrogen-bond donors (Lipinski definition) is 2. The molecule has 0 spiro atoms. The normalized spacial score (nSPS) is 20.9. The second-order valence-corrected chi connectivity index (χ2v) is 6.61. The zero-order chi connectivity index (χ0) is 17.1. The molecular weight excluding hydrogens is 306 g/mol. The fourth-order valence-electron chi connectivity index (χ4n) is 3.49. The van der Waals surface area contributed by atoms with Crippen LogP contribution in [0.1, 0.15) is 39.0 Å². The molecule has 2 N–H and O–H groups in total. The molecular formula is C18H23N3O3. The lowest BCUT2D eigenvalue weighted by atomic mass is 9.86. The molecule has 1 aromatic heterocycles. The van der Waals surface area contributed by atoms with Crippen LogP contribution < -0.4 is 16.6 Å². The van der Waals surface area contributed by atoms with Crippen LogP contribution in [0.15, 0.2) is 33.9 Å². The molecule has 0 bridgehead atoms. The Bertz CT molecular complexity index is 852. The Balaban J connectivity index is 1.73. The topological polar surface area (TPSA) is 84.0 Å². The summed E-state index contributed by atoms with van der Waals surface area (Å²) in [6.07, 6.45) is 4.77. The smallest absolute Gasteiger partial charge is 0.328 e. The Labute approximate surface area is 139 Å². The van der Waals surface area contributed by atoms with E-state index in [1.807, 2.05) is 0 Å². The summed E-state index contributed by atoms with van der Waals surface area (Å²) in [6.45, 7) is 2.42. The van der Waals surface area contributed by atoms with Crippen molar-refractivity contribution >= 4 is 16.8 Å². The van der Waals surface area contributed by atoms with E-state index >= 15 is 0 Å².